The summed E-state index contributed by atoms with van der Waals surface area (Å²) in [5, 5.41) is 11.2. The Kier molecular flexibility index (Phi) is 7.73. The fraction of sp³-hybridized carbons (Fsp3) is 0.400. The molecule has 1 amide bonds. The van der Waals surface area contributed by atoms with Crippen molar-refractivity contribution in [3.8, 4) is 16.9 Å². The van der Waals surface area contributed by atoms with Gasteiger partial charge in [-0.05, 0) is 65.7 Å². The van der Waals surface area contributed by atoms with Crippen LogP contribution in [0, 0.1) is 5.82 Å². The van der Waals surface area contributed by atoms with E-state index in [0.29, 0.717) is 11.5 Å². The first-order valence-electron chi connectivity index (χ1n) is 14.5. The number of H-pyrrole nitrogens is 1. The minimum absolute atomic E-state index is 0.0231. The van der Waals surface area contributed by atoms with Crippen LogP contribution in [0.3, 0.4) is 0 Å². The van der Waals surface area contributed by atoms with Crippen LogP contribution in [-0.2, 0) is 15.8 Å². The Hall–Kier alpha value is -3.88. The lowest BCUT2D eigenvalue weighted by Crippen LogP contribution is -2.51. The summed E-state index contributed by atoms with van der Waals surface area (Å²) in [5.41, 5.74) is 0.585. The minimum Gasteiger partial charge on any atom is -0.411 e. The highest BCUT2D eigenvalue weighted by Crippen LogP contribution is 2.51. The number of pyridine rings is 1. The van der Waals surface area contributed by atoms with Crippen molar-refractivity contribution in [3.63, 3.8) is 0 Å². The molecule has 5 heterocycles. The summed E-state index contributed by atoms with van der Waals surface area (Å²) >= 11 is 6.19. The van der Waals surface area contributed by atoms with Crippen molar-refractivity contribution in [1.29, 1.82) is 0 Å². The third kappa shape index (κ3) is 5.48. The maximum Gasteiger partial charge on any atom is 0.294 e. The van der Waals surface area contributed by atoms with Crippen LogP contribution in [0.1, 0.15) is 56.7 Å². The first-order valence-corrected chi connectivity index (χ1v) is 17.8. The molecule has 10 nitrogen and oxygen atoms in total. The Bertz CT molecular complexity index is 1790. The number of aromatic amines is 1. The monoisotopic (exact) mass is 656 g/mol. The lowest BCUT2D eigenvalue weighted by molar-refractivity contribution is -0.137. The van der Waals surface area contributed by atoms with E-state index in [4.69, 9.17) is 16.0 Å². The predicted octanol–water partition coefficient (Wildman–Crippen LogP) is 6.53. The van der Waals surface area contributed by atoms with Gasteiger partial charge in [0.2, 0.25) is 5.91 Å². The second-order valence-electron chi connectivity index (χ2n) is 12.8. The maximum absolute atomic E-state index is 16.3. The smallest absolute Gasteiger partial charge is 0.294 e. The summed E-state index contributed by atoms with van der Waals surface area (Å²) in [6, 6.07) is 3.76. The van der Waals surface area contributed by atoms with E-state index in [0.717, 1.165) is 11.0 Å². The number of hydrogen-bond donors (Lipinski definition) is 1. The maximum atomic E-state index is 16.3. The lowest BCUT2D eigenvalue weighted by Gasteiger charge is -2.39. The van der Waals surface area contributed by atoms with E-state index in [9.17, 15) is 4.79 Å². The molecule has 1 saturated heterocycles. The number of nitrogens with one attached hydrogen (secondary N) is 1. The summed E-state index contributed by atoms with van der Waals surface area (Å²) < 4.78 is 55.6. The Morgan fingerprint density at radius 3 is 2.64 bits per heavy atom. The normalized spacial score (nSPS) is 20.0. The number of benzene rings is 1. The summed E-state index contributed by atoms with van der Waals surface area (Å²) in [6.07, 6.45) is 5.41. The van der Waals surface area contributed by atoms with E-state index in [-0.39, 0.29) is 52.0 Å². The molecule has 1 aromatic carbocycles. The van der Waals surface area contributed by atoms with Gasteiger partial charge in [-0.25, -0.2) is 9.37 Å². The largest absolute Gasteiger partial charge is 0.411 e. The highest BCUT2D eigenvalue weighted by molar-refractivity contribution is 6.74. The zero-order chi connectivity index (χ0) is 32.3. The lowest BCUT2D eigenvalue weighted by atomic mass is 9.89. The number of alkyl halides is 2. The van der Waals surface area contributed by atoms with Gasteiger partial charge in [0.25, 0.3) is 5.92 Å². The van der Waals surface area contributed by atoms with Crippen LogP contribution in [0.4, 0.5) is 13.2 Å². The molecule has 0 spiro atoms. The van der Waals surface area contributed by atoms with Crippen molar-refractivity contribution < 1.29 is 22.4 Å². The van der Waals surface area contributed by atoms with Crippen LogP contribution in [-0.4, -0.2) is 66.2 Å². The Morgan fingerprint density at radius 1 is 1.16 bits per heavy atom. The van der Waals surface area contributed by atoms with Crippen LogP contribution in [0.2, 0.25) is 23.2 Å². The first-order chi connectivity index (χ1) is 21.2. The van der Waals surface area contributed by atoms with Crippen molar-refractivity contribution in [2.75, 3.05) is 0 Å². The number of aromatic nitrogens is 7. The number of rotatable bonds is 7. The minimum atomic E-state index is -3.43. The van der Waals surface area contributed by atoms with E-state index in [1.54, 1.807) is 0 Å². The van der Waals surface area contributed by atoms with E-state index >= 15 is 13.2 Å². The van der Waals surface area contributed by atoms with Crippen molar-refractivity contribution in [2.24, 2.45) is 0 Å². The van der Waals surface area contributed by atoms with Crippen LogP contribution in [0.25, 0.3) is 22.5 Å². The van der Waals surface area contributed by atoms with Crippen LogP contribution < -0.4 is 0 Å². The van der Waals surface area contributed by atoms with Crippen molar-refractivity contribution in [2.45, 2.75) is 76.4 Å². The van der Waals surface area contributed by atoms with Gasteiger partial charge in [-0.1, -0.05) is 32.4 Å². The molecule has 15 heteroatoms. The second kappa shape index (κ2) is 11.2. The summed E-state index contributed by atoms with van der Waals surface area (Å²) in [5.74, 6) is -4.28. The zero-order valence-corrected chi connectivity index (χ0v) is 27.1. The third-order valence-corrected chi connectivity index (χ3v) is 13.8. The Labute approximate surface area is 263 Å². The van der Waals surface area contributed by atoms with E-state index in [2.05, 4.69) is 64.3 Å². The fourth-order valence-electron chi connectivity index (χ4n) is 5.57. The molecule has 236 valence electrons. The van der Waals surface area contributed by atoms with Gasteiger partial charge in [0.15, 0.2) is 14.1 Å². The third-order valence-electron chi connectivity index (χ3n) is 9.07. The van der Waals surface area contributed by atoms with Crippen LogP contribution in [0.5, 0.6) is 0 Å². The molecule has 0 bridgehead atoms. The van der Waals surface area contributed by atoms with Gasteiger partial charge in [0.1, 0.15) is 23.9 Å². The number of fused-ring (bicyclic) bond motifs is 1. The number of carbonyl (C=O) groups is 1. The predicted molar refractivity (Wildman–Crippen MR) is 163 cm³/mol. The number of tetrazole rings is 1. The van der Waals surface area contributed by atoms with Gasteiger partial charge < -0.3 is 14.3 Å². The summed E-state index contributed by atoms with van der Waals surface area (Å²) in [6.45, 7) is 10.5. The van der Waals surface area contributed by atoms with Crippen molar-refractivity contribution >= 4 is 31.4 Å². The SMILES string of the molecule is CC(C)(C)[Si](C)(C)OCc1nccc(-c2cnc([C@@H]3CCC4N3C(=O)C=C(c3cc(Cl)ccc3-n3cnnn3)C4(F)F)[nH]2)c1F. The van der Waals surface area contributed by atoms with Gasteiger partial charge in [-0.2, -0.15) is 13.5 Å². The highest BCUT2D eigenvalue weighted by Gasteiger charge is 2.57. The van der Waals surface area contributed by atoms with Gasteiger partial charge >= 0.3 is 0 Å². The van der Waals surface area contributed by atoms with Gasteiger partial charge in [-0.15, -0.1) is 5.10 Å². The number of nitrogens with zero attached hydrogens (tertiary/aromatic N) is 7. The molecule has 0 aliphatic carbocycles. The molecule has 3 aromatic heterocycles. The number of carbonyl (C=O) groups excluding carboxylic acids is 1. The highest BCUT2D eigenvalue weighted by atomic mass is 35.5. The molecule has 4 aromatic rings. The quantitative estimate of drug-likeness (QED) is 0.225. The molecular formula is C30H32ClF3N8O2Si. The fourth-order valence-corrected chi connectivity index (χ4v) is 6.68. The summed E-state index contributed by atoms with van der Waals surface area (Å²) in [4.78, 5) is 26.4. The van der Waals surface area contributed by atoms with Crippen molar-refractivity contribution in [3.05, 3.63) is 77.0 Å². The molecule has 0 radical (unpaired) electrons. The van der Waals surface area contributed by atoms with E-state index in [1.807, 2.05) is 0 Å². The van der Waals surface area contributed by atoms with E-state index in [1.165, 1.54) is 47.7 Å². The first kappa shape index (κ1) is 31.1. The number of amides is 1. The molecule has 1 fully saturated rings. The summed E-state index contributed by atoms with van der Waals surface area (Å²) in [7, 11) is -2.15. The van der Waals surface area contributed by atoms with Crippen LogP contribution >= 0.6 is 11.6 Å². The molecule has 0 saturated carbocycles. The number of halogens is 4. The Morgan fingerprint density at radius 2 is 1.93 bits per heavy atom. The van der Waals surface area contributed by atoms with E-state index < -0.39 is 43.6 Å². The molecule has 2 aliphatic rings. The molecule has 2 atom stereocenters. The molecular weight excluding hydrogens is 625 g/mol. The van der Waals surface area contributed by atoms with Gasteiger partial charge in [0.05, 0.1) is 30.2 Å². The number of imidazole rings is 1. The topological polar surface area (TPSA) is 115 Å². The Balaban J connectivity index is 1.28. The molecule has 45 heavy (non-hydrogen) atoms. The average molecular weight is 657 g/mol. The molecule has 6 rings (SSSR count). The van der Waals surface area contributed by atoms with Gasteiger partial charge in [-0.3, -0.25) is 9.78 Å². The molecule has 1 unspecified atom stereocenters. The molecule has 1 N–H and O–H groups in total. The average Bonchev–Trinajstić information content (AvgIpc) is 3.75. The number of hydrogen-bond acceptors (Lipinski definition) is 7. The van der Waals surface area contributed by atoms with Crippen molar-refractivity contribution in [1.82, 2.24) is 40.1 Å². The second-order valence-corrected chi connectivity index (χ2v) is 18.0. The van der Waals surface area contributed by atoms with Crippen LogP contribution in [0.15, 0.2) is 49.1 Å². The van der Waals surface area contributed by atoms with Gasteiger partial charge in [0, 0.05) is 34.0 Å². The standard InChI is InChI=1S/C30H32ClF3N8O2Si/c1-29(2,3)45(4,5)44-15-22-27(32)18(10-11-35-22)21-14-36-28(38-21)24-8-9-25-30(33,34)20(13-26(43)42(24)25)19-12-17(31)6-7-23(19)41-16-37-39-40-41/h6-7,10-14,16,24-25H,8-9,15H2,1-5H3,(H,36,38)/t24-,25?/m0/s1. The zero-order valence-electron chi connectivity index (χ0n) is 25.4. The molecule has 2 aliphatic heterocycles.